The van der Waals surface area contributed by atoms with Crippen molar-refractivity contribution in [3.63, 3.8) is 0 Å². The molecule has 2 N–H and O–H groups in total. The molecule has 3 aromatic rings. The molecule has 7 heteroatoms. The van der Waals surface area contributed by atoms with Gasteiger partial charge in [0.15, 0.2) is 0 Å². The first-order valence-electron chi connectivity index (χ1n) is 9.90. The number of ketones is 1. The Kier molecular flexibility index (Phi) is 5.54. The largest absolute Gasteiger partial charge is 0.358 e. The Balaban J connectivity index is 1.38. The van der Waals surface area contributed by atoms with E-state index < -0.39 is 10.0 Å². The number of hydrogen-bond donors (Lipinski definition) is 2. The van der Waals surface area contributed by atoms with Crippen LogP contribution in [0.2, 0.25) is 0 Å². The number of aromatic amines is 1. The molecule has 0 radical (unpaired) electrons. The first-order valence-corrected chi connectivity index (χ1v) is 11.5. The number of carbonyl (C=O) groups excluding carboxylic acids is 1. The maximum Gasteiger partial charge on any atom is 0.219 e. The number of sulfonamides is 1. The lowest BCUT2D eigenvalue weighted by Crippen LogP contribution is -3.15. The van der Waals surface area contributed by atoms with Crippen LogP contribution in [0.5, 0.6) is 0 Å². The van der Waals surface area contributed by atoms with Gasteiger partial charge in [-0.2, -0.15) is 4.31 Å². The topological polar surface area (TPSA) is 74.7 Å². The van der Waals surface area contributed by atoms with Crippen molar-refractivity contribution in [1.29, 1.82) is 0 Å². The maximum atomic E-state index is 13.0. The zero-order valence-electron chi connectivity index (χ0n) is 16.5. The molecule has 4 rings (SSSR count). The summed E-state index contributed by atoms with van der Waals surface area (Å²) in [5, 5.41) is 0.957. The predicted molar refractivity (Wildman–Crippen MR) is 114 cm³/mol. The molecule has 6 nitrogen and oxygen atoms in total. The fourth-order valence-electron chi connectivity index (χ4n) is 4.08. The van der Waals surface area contributed by atoms with Gasteiger partial charge in [0.05, 0.1) is 37.5 Å². The van der Waals surface area contributed by atoms with E-state index in [1.807, 2.05) is 61.5 Å². The number of nitrogens with zero attached hydrogens (tertiary/aromatic N) is 1. The summed E-state index contributed by atoms with van der Waals surface area (Å²) in [5.41, 5.74) is 3.42. The van der Waals surface area contributed by atoms with E-state index >= 15 is 0 Å². The quantitative estimate of drug-likeness (QED) is 0.601. The lowest BCUT2D eigenvalue weighted by atomic mass is 10.1. The van der Waals surface area contributed by atoms with Crippen molar-refractivity contribution in [2.24, 2.45) is 0 Å². The van der Waals surface area contributed by atoms with Crippen molar-refractivity contribution in [3.05, 3.63) is 71.4 Å². The van der Waals surface area contributed by atoms with Gasteiger partial charge in [-0.05, 0) is 18.6 Å². The molecular formula is C22H26N3O3S+. The minimum Gasteiger partial charge on any atom is -0.358 e. The zero-order chi connectivity index (χ0) is 20.4. The molecule has 1 saturated heterocycles. The Bertz CT molecular complexity index is 1110. The molecule has 0 unspecified atom stereocenters. The molecule has 29 heavy (non-hydrogen) atoms. The number of nitrogens with one attached hydrogen (secondary N) is 2. The first-order chi connectivity index (χ1) is 13.9. The summed E-state index contributed by atoms with van der Waals surface area (Å²) in [6.07, 6.45) is 0. The van der Waals surface area contributed by atoms with Crippen molar-refractivity contribution in [2.75, 3.05) is 32.7 Å². The molecule has 1 fully saturated rings. The number of fused-ring (bicyclic) bond motifs is 1. The van der Waals surface area contributed by atoms with Gasteiger partial charge in [-0.15, -0.1) is 0 Å². The molecule has 0 saturated carbocycles. The monoisotopic (exact) mass is 412 g/mol. The van der Waals surface area contributed by atoms with Crippen LogP contribution in [0.25, 0.3) is 10.9 Å². The molecule has 0 atom stereocenters. The Labute approximate surface area is 171 Å². The highest BCUT2D eigenvalue weighted by molar-refractivity contribution is 7.88. The fraction of sp³-hybridized carbons (Fsp3) is 0.318. The molecule has 1 aromatic heterocycles. The lowest BCUT2D eigenvalue weighted by molar-refractivity contribution is -0.895. The van der Waals surface area contributed by atoms with Crippen LogP contribution in [-0.2, 0) is 15.8 Å². The standard InChI is InChI=1S/C22H25N3O3S/c1-17-22(19-9-5-6-10-20(19)23-17)21(26)15-24-11-13-25(14-12-24)29(27,28)16-18-7-3-2-4-8-18/h2-10,23H,11-16H2,1H3/p+1. The van der Waals surface area contributed by atoms with Gasteiger partial charge in [-0.1, -0.05) is 48.5 Å². The zero-order valence-corrected chi connectivity index (χ0v) is 17.3. The average molecular weight is 413 g/mol. The molecule has 1 aliphatic heterocycles. The molecule has 0 spiro atoms. The highest BCUT2D eigenvalue weighted by atomic mass is 32.2. The third-order valence-corrected chi connectivity index (χ3v) is 7.45. The van der Waals surface area contributed by atoms with Gasteiger partial charge in [0.25, 0.3) is 0 Å². The summed E-state index contributed by atoms with van der Waals surface area (Å²) < 4.78 is 27.0. The molecular weight excluding hydrogens is 386 g/mol. The van der Waals surface area contributed by atoms with Gasteiger partial charge < -0.3 is 9.88 Å². The van der Waals surface area contributed by atoms with E-state index in [-0.39, 0.29) is 11.5 Å². The van der Waals surface area contributed by atoms with Crippen LogP contribution in [0.3, 0.4) is 0 Å². The van der Waals surface area contributed by atoms with Crippen LogP contribution in [0.1, 0.15) is 21.6 Å². The number of para-hydroxylation sites is 1. The van der Waals surface area contributed by atoms with E-state index in [2.05, 4.69) is 4.98 Å². The number of hydrogen-bond acceptors (Lipinski definition) is 3. The van der Waals surface area contributed by atoms with E-state index in [0.717, 1.165) is 32.6 Å². The van der Waals surface area contributed by atoms with E-state index in [9.17, 15) is 13.2 Å². The molecule has 0 amide bonds. The Morgan fingerprint density at radius 3 is 2.41 bits per heavy atom. The number of quaternary nitrogens is 1. The second-order valence-electron chi connectivity index (χ2n) is 7.66. The fourth-order valence-corrected chi connectivity index (χ4v) is 5.62. The number of piperazine rings is 1. The molecule has 0 aliphatic carbocycles. The highest BCUT2D eigenvalue weighted by Gasteiger charge is 2.30. The smallest absolute Gasteiger partial charge is 0.219 e. The molecule has 2 aromatic carbocycles. The second-order valence-corrected chi connectivity index (χ2v) is 9.63. The van der Waals surface area contributed by atoms with Crippen molar-refractivity contribution >= 4 is 26.7 Å². The third-order valence-electron chi connectivity index (χ3n) is 5.60. The predicted octanol–water partition coefficient (Wildman–Crippen LogP) is 1.39. The van der Waals surface area contributed by atoms with Gasteiger partial charge in [0, 0.05) is 16.6 Å². The summed E-state index contributed by atoms with van der Waals surface area (Å²) in [6.45, 7) is 4.49. The number of benzene rings is 2. The normalized spacial score (nSPS) is 16.3. The maximum absolute atomic E-state index is 13.0. The summed E-state index contributed by atoms with van der Waals surface area (Å²) in [7, 11) is -3.34. The van der Waals surface area contributed by atoms with Crippen LogP contribution < -0.4 is 4.90 Å². The Hall–Kier alpha value is -2.48. The van der Waals surface area contributed by atoms with Crippen molar-refractivity contribution in [2.45, 2.75) is 12.7 Å². The van der Waals surface area contributed by atoms with Gasteiger partial charge in [-0.3, -0.25) is 4.79 Å². The summed E-state index contributed by atoms with van der Waals surface area (Å²) in [4.78, 5) is 17.4. The second kappa shape index (κ2) is 8.10. The number of Topliss-reactive ketones (excluding diaryl/α,β-unsaturated/α-hetero) is 1. The van der Waals surface area contributed by atoms with Crippen molar-refractivity contribution in [1.82, 2.24) is 9.29 Å². The summed E-state index contributed by atoms with van der Waals surface area (Å²) >= 11 is 0. The summed E-state index contributed by atoms with van der Waals surface area (Å²) in [6, 6.07) is 17.1. The van der Waals surface area contributed by atoms with E-state index in [4.69, 9.17) is 0 Å². The summed E-state index contributed by atoms with van der Waals surface area (Å²) in [5.74, 6) is 0.131. The molecule has 0 bridgehead atoms. The van der Waals surface area contributed by atoms with Crippen molar-refractivity contribution in [3.8, 4) is 0 Å². The number of aromatic nitrogens is 1. The van der Waals surface area contributed by atoms with Gasteiger partial charge in [0.1, 0.15) is 6.54 Å². The van der Waals surface area contributed by atoms with Gasteiger partial charge >= 0.3 is 0 Å². The number of aryl methyl sites for hydroxylation is 1. The average Bonchev–Trinajstić information content (AvgIpc) is 3.04. The lowest BCUT2D eigenvalue weighted by Gasteiger charge is -2.31. The van der Waals surface area contributed by atoms with Crippen molar-refractivity contribution < 1.29 is 18.1 Å². The van der Waals surface area contributed by atoms with Crippen LogP contribution in [0.4, 0.5) is 0 Å². The number of H-pyrrole nitrogens is 1. The van der Waals surface area contributed by atoms with Crippen LogP contribution >= 0.6 is 0 Å². The van der Waals surface area contributed by atoms with E-state index in [0.29, 0.717) is 32.7 Å². The van der Waals surface area contributed by atoms with E-state index in [1.54, 1.807) is 4.31 Å². The van der Waals surface area contributed by atoms with Crippen LogP contribution in [0, 0.1) is 6.92 Å². The highest BCUT2D eigenvalue weighted by Crippen LogP contribution is 2.21. The Morgan fingerprint density at radius 2 is 1.69 bits per heavy atom. The van der Waals surface area contributed by atoms with Crippen LogP contribution in [0.15, 0.2) is 54.6 Å². The SMILES string of the molecule is Cc1[nH]c2ccccc2c1C(=O)C[NH+]1CCN(S(=O)(=O)Cc2ccccc2)CC1. The third kappa shape index (κ3) is 4.27. The molecule has 152 valence electrons. The minimum atomic E-state index is -3.34. The Morgan fingerprint density at radius 1 is 1.03 bits per heavy atom. The molecule has 2 heterocycles. The van der Waals surface area contributed by atoms with Gasteiger partial charge in [0.2, 0.25) is 15.8 Å². The first kappa shape index (κ1) is 19.8. The van der Waals surface area contributed by atoms with Crippen LogP contribution in [-0.4, -0.2) is 56.2 Å². The number of rotatable bonds is 6. The molecule has 1 aliphatic rings. The van der Waals surface area contributed by atoms with Gasteiger partial charge in [-0.25, -0.2) is 8.42 Å². The van der Waals surface area contributed by atoms with E-state index in [1.165, 1.54) is 0 Å². The number of carbonyl (C=O) groups is 1. The minimum absolute atomic E-state index is 0.0244.